The molecule has 0 fully saturated rings. The summed E-state index contributed by atoms with van der Waals surface area (Å²) in [6.45, 7) is 1.27. The van der Waals surface area contributed by atoms with Crippen molar-refractivity contribution in [2.45, 2.75) is 13.5 Å². The molecule has 10 heteroatoms. The van der Waals surface area contributed by atoms with Crippen molar-refractivity contribution in [1.29, 1.82) is 0 Å². The number of nitro groups is 2. The van der Waals surface area contributed by atoms with E-state index in [9.17, 15) is 25.0 Å². The van der Waals surface area contributed by atoms with Crippen molar-refractivity contribution in [2.75, 3.05) is 5.32 Å². The summed E-state index contributed by atoms with van der Waals surface area (Å²) in [5, 5.41) is 27.6. The smallest absolute Gasteiger partial charge is 0.309 e. The summed E-state index contributed by atoms with van der Waals surface area (Å²) in [5.41, 5.74) is 0.349. The van der Waals surface area contributed by atoms with Crippen LogP contribution >= 0.6 is 0 Å². The summed E-state index contributed by atoms with van der Waals surface area (Å²) in [5.74, 6) is -0.453. The van der Waals surface area contributed by atoms with Crippen LogP contribution in [0.3, 0.4) is 0 Å². The van der Waals surface area contributed by atoms with Gasteiger partial charge in [0, 0.05) is 17.8 Å². The van der Waals surface area contributed by atoms with E-state index in [1.807, 2.05) is 0 Å². The Morgan fingerprint density at radius 3 is 2.36 bits per heavy atom. The van der Waals surface area contributed by atoms with Crippen LogP contribution in [0.15, 0.2) is 30.5 Å². The second-order valence-corrected chi connectivity index (χ2v) is 4.41. The van der Waals surface area contributed by atoms with Crippen LogP contribution in [0.25, 0.3) is 0 Å². The first-order chi connectivity index (χ1) is 10.4. The molecule has 1 aromatic heterocycles. The average molecular weight is 305 g/mol. The van der Waals surface area contributed by atoms with Crippen LogP contribution in [-0.4, -0.2) is 25.5 Å². The molecule has 0 saturated carbocycles. The van der Waals surface area contributed by atoms with Crippen molar-refractivity contribution in [1.82, 2.24) is 9.78 Å². The number of nitrogens with one attached hydrogen (secondary N) is 1. The summed E-state index contributed by atoms with van der Waals surface area (Å²) in [6, 6.07) is 5.32. The van der Waals surface area contributed by atoms with Gasteiger partial charge < -0.3 is 5.32 Å². The Balaban J connectivity index is 2.02. The fraction of sp³-hybridized carbons (Fsp3) is 0.167. The number of aromatic nitrogens is 2. The van der Waals surface area contributed by atoms with Gasteiger partial charge in [-0.2, -0.15) is 5.10 Å². The molecule has 0 spiro atoms. The minimum Gasteiger partial charge on any atom is -0.324 e. The third kappa shape index (κ3) is 3.42. The van der Waals surface area contributed by atoms with Crippen molar-refractivity contribution < 1.29 is 14.6 Å². The van der Waals surface area contributed by atoms with Crippen molar-refractivity contribution in [3.05, 3.63) is 56.4 Å². The normalized spacial score (nSPS) is 10.2. The van der Waals surface area contributed by atoms with E-state index in [1.54, 1.807) is 0 Å². The minimum absolute atomic E-state index is 0.0867. The van der Waals surface area contributed by atoms with Crippen LogP contribution in [0.4, 0.5) is 17.1 Å². The monoisotopic (exact) mass is 305 g/mol. The standard InChI is InChI=1S/C12H11N5O5/c1-8-11(17(21)22)6-15(14-8)7-12(18)13-9-2-4-10(5-3-9)16(19)20/h2-6H,7H2,1H3,(H,13,18). The maximum atomic E-state index is 11.8. The van der Waals surface area contributed by atoms with Gasteiger partial charge in [-0.1, -0.05) is 0 Å². The van der Waals surface area contributed by atoms with E-state index in [4.69, 9.17) is 0 Å². The summed E-state index contributed by atoms with van der Waals surface area (Å²) in [7, 11) is 0. The summed E-state index contributed by atoms with van der Waals surface area (Å²) < 4.78 is 1.16. The van der Waals surface area contributed by atoms with Gasteiger partial charge in [-0.05, 0) is 19.1 Å². The van der Waals surface area contributed by atoms with E-state index in [-0.39, 0.29) is 23.6 Å². The summed E-state index contributed by atoms with van der Waals surface area (Å²) in [6.07, 6.45) is 1.17. The second-order valence-electron chi connectivity index (χ2n) is 4.41. The van der Waals surface area contributed by atoms with Crippen molar-refractivity contribution in [3.63, 3.8) is 0 Å². The highest BCUT2D eigenvalue weighted by Crippen LogP contribution is 2.16. The third-order valence-corrected chi connectivity index (χ3v) is 2.78. The molecule has 0 aliphatic rings. The first-order valence-electron chi connectivity index (χ1n) is 6.09. The fourth-order valence-electron chi connectivity index (χ4n) is 1.78. The van der Waals surface area contributed by atoms with Crippen LogP contribution in [-0.2, 0) is 11.3 Å². The van der Waals surface area contributed by atoms with Crippen molar-refractivity contribution in [3.8, 4) is 0 Å². The Hall–Kier alpha value is -3.30. The van der Waals surface area contributed by atoms with Crippen LogP contribution in [0.2, 0.25) is 0 Å². The number of rotatable bonds is 5. The Morgan fingerprint density at radius 1 is 1.23 bits per heavy atom. The third-order valence-electron chi connectivity index (χ3n) is 2.78. The molecule has 1 N–H and O–H groups in total. The Labute approximate surface area is 123 Å². The molecule has 0 aliphatic heterocycles. The highest BCUT2D eigenvalue weighted by atomic mass is 16.6. The molecule has 1 aromatic carbocycles. The minimum atomic E-state index is -0.576. The zero-order chi connectivity index (χ0) is 16.3. The van der Waals surface area contributed by atoms with Gasteiger partial charge in [0.1, 0.15) is 18.4 Å². The van der Waals surface area contributed by atoms with Gasteiger partial charge in [0.15, 0.2) is 0 Å². The molecule has 1 heterocycles. The number of hydrogen-bond donors (Lipinski definition) is 1. The van der Waals surface area contributed by atoms with Gasteiger partial charge in [-0.3, -0.25) is 29.7 Å². The lowest BCUT2D eigenvalue weighted by Crippen LogP contribution is -2.19. The molecule has 22 heavy (non-hydrogen) atoms. The quantitative estimate of drug-likeness (QED) is 0.659. The van der Waals surface area contributed by atoms with Crippen LogP contribution in [0, 0.1) is 27.2 Å². The average Bonchev–Trinajstić information content (AvgIpc) is 2.80. The molecule has 1 amide bonds. The molecule has 10 nitrogen and oxygen atoms in total. The topological polar surface area (TPSA) is 133 Å². The van der Waals surface area contributed by atoms with E-state index in [1.165, 1.54) is 37.4 Å². The SMILES string of the molecule is Cc1nn(CC(=O)Nc2ccc([N+](=O)[O-])cc2)cc1[N+](=O)[O-]. The van der Waals surface area contributed by atoms with E-state index in [2.05, 4.69) is 10.4 Å². The van der Waals surface area contributed by atoms with Crippen LogP contribution in [0.1, 0.15) is 5.69 Å². The number of carbonyl (C=O) groups is 1. The molecular weight excluding hydrogens is 294 g/mol. The summed E-state index contributed by atoms with van der Waals surface area (Å²) in [4.78, 5) is 31.9. The largest absolute Gasteiger partial charge is 0.324 e. The number of aryl methyl sites for hydroxylation is 1. The van der Waals surface area contributed by atoms with Crippen LogP contribution in [0.5, 0.6) is 0 Å². The maximum Gasteiger partial charge on any atom is 0.309 e. The molecule has 114 valence electrons. The molecule has 0 unspecified atom stereocenters. The van der Waals surface area contributed by atoms with Crippen molar-refractivity contribution in [2.24, 2.45) is 0 Å². The molecule has 0 bridgehead atoms. The number of nitrogens with zero attached hydrogens (tertiary/aromatic N) is 4. The molecule has 0 saturated heterocycles. The lowest BCUT2D eigenvalue weighted by Gasteiger charge is -2.04. The highest BCUT2D eigenvalue weighted by Gasteiger charge is 2.16. The van der Waals surface area contributed by atoms with Gasteiger partial charge in [-0.25, -0.2) is 0 Å². The fourth-order valence-corrected chi connectivity index (χ4v) is 1.78. The lowest BCUT2D eigenvalue weighted by atomic mass is 10.3. The molecule has 0 atom stereocenters. The molecule has 0 radical (unpaired) electrons. The predicted octanol–water partition coefficient (Wildman–Crippen LogP) is 1.65. The van der Waals surface area contributed by atoms with Gasteiger partial charge in [0.25, 0.3) is 5.69 Å². The Kier molecular flexibility index (Phi) is 4.11. The number of carbonyl (C=O) groups excluding carboxylic acids is 1. The number of hydrogen-bond acceptors (Lipinski definition) is 6. The first-order valence-corrected chi connectivity index (χ1v) is 6.09. The van der Waals surface area contributed by atoms with Gasteiger partial charge in [0.05, 0.1) is 9.85 Å². The van der Waals surface area contributed by atoms with Gasteiger partial charge >= 0.3 is 5.69 Å². The van der Waals surface area contributed by atoms with E-state index in [0.29, 0.717) is 5.69 Å². The lowest BCUT2D eigenvalue weighted by molar-refractivity contribution is -0.385. The zero-order valence-electron chi connectivity index (χ0n) is 11.4. The molecule has 2 aromatic rings. The van der Waals surface area contributed by atoms with Gasteiger partial charge in [-0.15, -0.1) is 0 Å². The number of nitro benzene ring substituents is 1. The number of non-ortho nitro benzene ring substituents is 1. The van der Waals surface area contributed by atoms with Gasteiger partial charge in [0.2, 0.25) is 5.91 Å². The molecule has 0 aliphatic carbocycles. The van der Waals surface area contributed by atoms with E-state index >= 15 is 0 Å². The van der Waals surface area contributed by atoms with E-state index < -0.39 is 15.8 Å². The first kappa shape index (κ1) is 15.1. The van der Waals surface area contributed by atoms with Crippen molar-refractivity contribution >= 4 is 23.0 Å². The number of amides is 1. The number of anilines is 1. The number of benzene rings is 1. The Bertz CT molecular complexity index is 737. The Morgan fingerprint density at radius 2 is 1.86 bits per heavy atom. The van der Waals surface area contributed by atoms with E-state index in [0.717, 1.165) is 4.68 Å². The molecular formula is C12H11N5O5. The predicted molar refractivity (Wildman–Crippen MR) is 75.3 cm³/mol. The molecule has 2 rings (SSSR count). The summed E-state index contributed by atoms with van der Waals surface area (Å²) >= 11 is 0. The second kappa shape index (κ2) is 5.99. The zero-order valence-corrected chi connectivity index (χ0v) is 11.4. The van der Waals surface area contributed by atoms with Crippen LogP contribution < -0.4 is 5.32 Å². The highest BCUT2D eigenvalue weighted by molar-refractivity contribution is 5.90. The maximum absolute atomic E-state index is 11.8.